The molecule has 0 amide bonds. The summed E-state index contributed by atoms with van der Waals surface area (Å²) in [7, 11) is 0. The molecule has 1 N–H and O–H groups in total. The Bertz CT molecular complexity index is 321. The number of nitrogens with one attached hydrogen (secondary N) is 1. The third-order valence-corrected chi connectivity index (χ3v) is 2.71. The molecule has 0 heterocycles. The summed E-state index contributed by atoms with van der Waals surface area (Å²) < 4.78 is 9.71. The van der Waals surface area contributed by atoms with Gasteiger partial charge < -0.3 is 14.8 Å². The summed E-state index contributed by atoms with van der Waals surface area (Å²) in [6.45, 7) is 4.17. The molecule has 0 atom stereocenters. The number of hydrogen-bond acceptors (Lipinski definition) is 5. The van der Waals surface area contributed by atoms with E-state index >= 15 is 0 Å². The summed E-state index contributed by atoms with van der Waals surface area (Å²) >= 11 is 0. The molecule has 0 bridgehead atoms. The molecule has 0 unspecified atom stereocenters. The van der Waals surface area contributed by atoms with Crippen molar-refractivity contribution >= 4 is 11.9 Å². The van der Waals surface area contributed by atoms with E-state index in [1.165, 1.54) is 12.5 Å². The maximum absolute atomic E-state index is 11.4. The first-order valence-corrected chi connectivity index (χ1v) is 6.45. The van der Waals surface area contributed by atoms with E-state index in [4.69, 9.17) is 9.47 Å². The summed E-state index contributed by atoms with van der Waals surface area (Å²) in [4.78, 5) is 22.8. The van der Waals surface area contributed by atoms with Gasteiger partial charge in [0.05, 0.1) is 19.6 Å². The monoisotopic (exact) mass is 255 g/mol. The maximum atomic E-state index is 11.4. The molecule has 1 aliphatic rings. The van der Waals surface area contributed by atoms with Gasteiger partial charge in [-0.1, -0.05) is 0 Å². The minimum Gasteiger partial charge on any atom is -0.466 e. The van der Waals surface area contributed by atoms with Gasteiger partial charge in [0.2, 0.25) is 0 Å². The van der Waals surface area contributed by atoms with Gasteiger partial charge in [-0.2, -0.15) is 0 Å². The first-order chi connectivity index (χ1) is 8.65. The van der Waals surface area contributed by atoms with Crippen molar-refractivity contribution in [3.8, 4) is 0 Å². The lowest BCUT2D eigenvalue weighted by atomic mass is 9.93. The van der Waals surface area contributed by atoms with Crippen LogP contribution in [0.2, 0.25) is 0 Å². The van der Waals surface area contributed by atoms with Crippen LogP contribution in [0.3, 0.4) is 0 Å². The van der Waals surface area contributed by atoms with Crippen molar-refractivity contribution in [3.63, 3.8) is 0 Å². The van der Waals surface area contributed by atoms with Crippen molar-refractivity contribution in [1.29, 1.82) is 0 Å². The van der Waals surface area contributed by atoms with Crippen LogP contribution < -0.4 is 5.32 Å². The predicted octanol–water partition coefficient (Wildman–Crippen LogP) is 1.53. The molecule has 5 nitrogen and oxygen atoms in total. The summed E-state index contributed by atoms with van der Waals surface area (Å²) in [6.07, 6.45) is 4.76. The van der Waals surface area contributed by atoms with Gasteiger partial charge in [-0.05, 0) is 33.1 Å². The van der Waals surface area contributed by atoms with Crippen LogP contribution in [0.25, 0.3) is 0 Å². The largest absolute Gasteiger partial charge is 0.466 e. The highest BCUT2D eigenvalue weighted by molar-refractivity contribution is 5.84. The molecule has 0 aliphatic heterocycles. The highest BCUT2D eigenvalue weighted by Gasteiger charge is 2.19. The van der Waals surface area contributed by atoms with E-state index in [2.05, 4.69) is 5.32 Å². The standard InChI is InChI=1S/C13H21NO4/c1-3-17-12(15)8-11(9-13(16)18-4-2)14-10-6-5-7-10/h8,10,14H,3-7,9H2,1-2H3. The minimum absolute atomic E-state index is 0.0865. The molecule has 18 heavy (non-hydrogen) atoms. The van der Waals surface area contributed by atoms with Crippen molar-refractivity contribution in [1.82, 2.24) is 5.32 Å². The molecule has 102 valence electrons. The van der Waals surface area contributed by atoms with Crippen molar-refractivity contribution in [2.45, 2.75) is 45.6 Å². The zero-order valence-corrected chi connectivity index (χ0v) is 11.0. The van der Waals surface area contributed by atoms with E-state index < -0.39 is 5.97 Å². The number of ether oxygens (including phenoxy) is 2. The highest BCUT2D eigenvalue weighted by Crippen LogP contribution is 2.20. The lowest BCUT2D eigenvalue weighted by Crippen LogP contribution is -2.35. The molecule has 5 heteroatoms. The van der Waals surface area contributed by atoms with Gasteiger partial charge in [-0.15, -0.1) is 0 Å². The summed E-state index contributed by atoms with van der Waals surface area (Å²) in [5.41, 5.74) is 0.580. The third kappa shape index (κ3) is 5.21. The maximum Gasteiger partial charge on any atom is 0.332 e. The lowest BCUT2D eigenvalue weighted by molar-refractivity contribution is -0.142. The SMILES string of the molecule is CCOC(=O)C=C(CC(=O)OCC)NC1CCC1. The van der Waals surface area contributed by atoms with Crippen LogP contribution in [-0.2, 0) is 19.1 Å². The first-order valence-electron chi connectivity index (χ1n) is 6.45. The van der Waals surface area contributed by atoms with E-state index in [-0.39, 0.29) is 12.4 Å². The number of rotatable bonds is 7. The molecule has 1 saturated carbocycles. The number of esters is 2. The van der Waals surface area contributed by atoms with Gasteiger partial charge in [0.1, 0.15) is 0 Å². The van der Waals surface area contributed by atoms with Gasteiger partial charge in [-0.25, -0.2) is 4.79 Å². The predicted molar refractivity (Wildman–Crippen MR) is 66.7 cm³/mol. The zero-order valence-electron chi connectivity index (χ0n) is 11.0. The fraction of sp³-hybridized carbons (Fsp3) is 0.692. The molecule has 0 aromatic carbocycles. The normalized spacial score (nSPS) is 15.8. The molecule has 1 aliphatic carbocycles. The van der Waals surface area contributed by atoms with Gasteiger partial charge in [-0.3, -0.25) is 4.79 Å². The van der Waals surface area contributed by atoms with E-state index in [1.807, 2.05) is 0 Å². The number of carbonyl (C=O) groups excluding carboxylic acids is 2. The van der Waals surface area contributed by atoms with E-state index in [1.54, 1.807) is 13.8 Å². The molecule has 0 radical (unpaired) electrons. The molecule has 1 fully saturated rings. The number of carbonyl (C=O) groups is 2. The van der Waals surface area contributed by atoms with E-state index in [0.717, 1.165) is 12.8 Å². The van der Waals surface area contributed by atoms with Crippen LogP contribution in [0.5, 0.6) is 0 Å². The summed E-state index contributed by atoms with van der Waals surface area (Å²) in [5, 5.41) is 3.19. The minimum atomic E-state index is -0.427. The molecule has 1 rings (SSSR count). The fourth-order valence-corrected chi connectivity index (χ4v) is 1.65. The Morgan fingerprint density at radius 3 is 2.39 bits per heavy atom. The zero-order chi connectivity index (χ0) is 13.4. The molecular formula is C13H21NO4. The van der Waals surface area contributed by atoms with Crippen molar-refractivity contribution in [2.24, 2.45) is 0 Å². The van der Waals surface area contributed by atoms with Crippen molar-refractivity contribution in [2.75, 3.05) is 13.2 Å². The third-order valence-electron chi connectivity index (χ3n) is 2.71. The first kappa shape index (κ1) is 14.5. The second kappa shape index (κ2) is 7.74. The van der Waals surface area contributed by atoms with Crippen LogP contribution in [0.4, 0.5) is 0 Å². The molecule has 0 aromatic heterocycles. The Kier molecular flexibility index (Phi) is 6.25. The number of hydrogen-bond donors (Lipinski definition) is 1. The topological polar surface area (TPSA) is 64.6 Å². The van der Waals surface area contributed by atoms with Crippen LogP contribution in [0.15, 0.2) is 11.8 Å². The second-order valence-corrected chi connectivity index (χ2v) is 4.18. The second-order valence-electron chi connectivity index (χ2n) is 4.18. The highest BCUT2D eigenvalue weighted by atomic mass is 16.5. The van der Waals surface area contributed by atoms with Gasteiger partial charge in [0.25, 0.3) is 0 Å². The van der Waals surface area contributed by atoms with Crippen LogP contribution >= 0.6 is 0 Å². The lowest BCUT2D eigenvalue weighted by Gasteiger charge is -2.28. The van der Waals surface area contributed by atoms with Gasteiger partial charge in [0.15, 0.2) is 0 Å². The summed E-state index contributed by atoms with van der Waals surface area (Å²) in [6, 6.07) is 0.361. The Hall–Kier alpha value is -1.52. The molecule has 0 spiro atoms. The fourth-order valence-electron chi connectivity index (χ4n) is 1.65. The average Bonchev–Trinajstić information content (AvgIpc) is 2.23. The van der Waals surface area contributed by atoms with Crippen molar-refractivity contribution in [3.05, 3.63) is 11.8 Å². The van der Waals surface area contributed by atoms with Crippen LogP contribution in [0, 0.1) is 0 Å². The molecule has 0 aromatic rings. The van der Waals surface area contributed by atoms with Gasteiger partial charge in [0, 0.05) is 17.8 Å². The Morgan fingerprint density at radius 1 is 1.22 bits per heavy atom. The van der Waals surface area contributed by atoms with E-state index in [0.29, 0.717) is 25.0 Å². The van der Waals surface area contributed by atoms with Gasteiger partial charge >= 0.3 is 11.9 Å². The van der Waals surface area contributed by atoms with Crippen LogP contribution in [0.1, 0.15) is 39.5 Å². The smallest absolute Gasteiger partial charge is 0.332 e. The van der Waals surface area contributed by atoms with E-state index in [9.17, 15) is 9.59 Å². The quantitative estimate of drug-likeness (QED) is 0.552. The van der Waals surface area contributed by atoms with Crippen LogP contribution in [-0.4, -0.2) is 31.2 Å². The Morgan fingerprint density at radius 2 is 1.89 bits per heavy atom. The molecule has 0 saturated heterocycles. The van der Waals surface area contributed by atoms with Crippen molar-refractivity contribution < 1.29 is 19.1 Å². The Labute approximate surface area is 108 Å². The average molecular weight is 255 g/mol. The Balaban J connectivity index is 2.54. The molecular weight excluding hydrogens is 234 g/mol. The summed E-state index contributed by atoms with van der Waals surface area (Å²) in [5.74, 6) is -0.761.